The van der Waals surface area contributed by atoms with Crippen molar-refractivity contribution in [2.24, 2.45) is 5.92 Å². The van der Waals surface area contributed by atoms with Crippen molar-refractivity contribution in [1.82, 2.24) is 10.6 Å². The maximum Gasteiger partial charge on any atom is 0.326 e. The average Bonchev–Trinajstić information content (AvgIpc) is 2.39. The van der Waals surface area contributed by atoms with Gasteiger partial charge in [-0.25, -0.2) is 9.59 Å². The van der Waals surface area contributed by atoms with Gasteiger partial charge < -0.3 is 20.5 Å². The van der Waals surface area contributed by atoms with Gasteiger partial charge in [0.15, 0.2) is 0 Å². The van der Waals surface area contributed by atoms with Crippen molar-refractivity contribution in [1.29, 1.82) is 0 Å². The summed E-state index contributed by atoms with van der Waals surface area (Å²) in [6.45, 7) is 4.46. The number of esters is 1. The summed E-state index contributed by atoms with van der Waals surface area (Å²) in [6.07, 6.45) is 0.864. The molecule has 0 fully saturated rings. The molecule has 0 aliphatic carbocycles. The van der Waals surface area contributed by atoms with Gasteiger partial charge in [-0.3, -0.25) is 4.79 Å². The fraction of sp³-hybridized carbons (Fsp3) is 0.750. The first-order valence-electron chi connectivity index (χ1n) is 6.24. The van der Waals surface area contributed by atoms with E-state index in [1.165, 1.54) is 7.11 Å². The number of carboxylic acid groups (broad SMARTS) is 1. The van der Waals surface area contributed by atoms with Crippen LogP contribution >= 0.6 is 0 Å². The molecule has 0 aromatic rings. The lowest BCUT2D eigenvalue weighted by Crippen LogP contribution is -2.47. The number of methoxy groups -OCH3 is 1. The number of carboxylic acids is 1. The Bertz CT molecular complexity index is 319. The number of ether oxygens (including phenoxy) is 1. The highest BCUT2D eigenvalue weighted by molar-refractivity contribution is 5.83. The van der Waals surface area contributed by atoms with Gasteiger partial charge >= 0.3 is 18.0 Å². The third kappa shape index (κ3) is 8.01. The fourth-order valence-electron chi connectivity index (χ4n) is 1.24. The van der Waals surface area contributed by atoms with E-state index in [0.717, 1.165) is 6.42 Å². The molecule has 110 valence electrons. The van der Waals surface area contributed by atoms with E-state index >= 15 is 0 Å². The second-order valence-electron chi connectivity index (χ2n) is 4.37. The van der Waals surface area contributed by atoms with Gasteiger partial charge in [0.2, 0.25) is 0 Å². The molecular formula is C12H22N2O5. The summed E-state index contributed by atoms with van der Waals surface area (Å²) >= 11 is 0. The number of amides is 2. The Labute approximate surface area is 112 Å². The molecule has 0 aromatic carbocycles. The third-order valence-corrected chi connectivity index (χ3v) is 2.78. The largest absolute Gasteiger partial charge is 0.480 e. The molecule has 1 unspecified atom stereocenters. The van der Waals surface area contributed by atoms with Crippen LogP contribution in [0.15, 0.2) is 0 Å². The van der Waals surface area contributed by atoms with Crippen molar-refractivity contribution in [3.63, 3.8) is 0 Å². The molecule has 0 radical (unpaired) electrons. The minimum absolute atomic E-state index is 0.00123. The van der Waals surface area contributed by atoms with Crippen molar-refractivity contribution in [2.45, 2.75) is 39.2 Å². The van der Waals surface area contributed by atoms with Crippen molar-refractivity contribution >= 4 is 18.0 Å². The topological polar surface area (TPSA) is 105 Å². The molecule has 0 aromatic heterocycles. The smallest absolute Gasteiger partial charge is 0.326 e. The summed E-state index contributed by atoms with van der Waals surface area (Å²) in [5.74, 6) is -1.36. The second-order valence-corrected chi connectivity index (χ2v) is 4.37. The Hall–Kier alpha value is -1.79. The van der Waals surface area contributed by atoms with Crippen molar-refractivity contribution in [3.8, 4) is 0 Å². The quantitative estimate of drug-likeness (QED) is 0.566. The maximum atomic E-state index is 11.5. The number of aliphatic carboxylic acids is 1. The summed E-state index contributed by atoms with van der Waals surface area (Å²) in [7, 11) is 1.23. The van der Waals surface area contributed by atoms with E-state index in [1.807, 2.05) is 13.8 Å². The van der Waals surface area contributed by atoms with E-state index in [9.17, 15) is 14.4 Å². The van der Waals surface area contributed by atoms with E-state index in [-0.39, 0.29) is 12.8 Å². The first-order valence-corrected chi connectivity index (χ1v) is 6.24. The highest BCUT2D eigenvalue weighted by atomic mass is 16.5. The highest BCUT2D eigenvalue weighted by Crippen LogP contribution is 2.00. The third-order valence-electron chi connectivity index (χ3n) is 2.78. The van der Waals surface area contributed by atoms with Crippen molar-refractivity contribution in [3.05, 3.63) is 0 Å². The van der Waals surface area contributed by atoms with Crippen LogP contribution in [0.3, 0.4) is 0 Å². The number of carbonyl (C=O) groups excluding carboxylic acids is 2. The van der Waals surface area contributed by atoms with Crippen LogP contribution < -0.4 is 10.6 Å². The van der Waals surface area contributed by atoms with Crippen LogP contribution in [0.4, 0.5) is 4.79 Å². The molecule has 0 spiro atoms. The van der Waals surface area contributed by atoms with Crippen LogP contribution in [0.25, 0.3) is 0 Å². The fourth-order valence-corrected chi connectivity index (χ4v) is 1.24. The first-order chi connectivity index (χ1) is 8.90. The molecule has 2 amide bonds. The number of hydrogen-bond acceptors (Lipinski definition) is 4. The summed E-state index contributed by atoms with van der Waals surface area (Å²) in [4.78, 5) is 33.4. The van der Waals surface area contributed by atoms with Crippen LogP contribution in [-0.4, -0.2) is 42.8 Å². The van der Waals surface area contributed by atoms with Gasteiger partial charge in [-0.1, -0.05) is 20.3 Å². The van der Waals surface area contributed by atoms with Crippen LogP contribution in [0.2, 0.25) is 0 Å². The lowest BCUT2D eigenvalue weighted by atomic mass is 10.1. The van der Waals surface area contributed by atoms with Gasteiger partial charge in [-0.15, -0.1) is 0 Å². The predicted octanol–water partition coefficient (Wildman–Crippen LogP) is 0.738. The highest BCUT2D eigenvalue weighted by Gasteiger charge is 2.21. The van der Waals surface area contributed by atoms with Crippen LogP contribution in [-0.2, 0) is 14.3 Å². The lowest BCUT2D eigenvalue weighted by molar-refractivity contribution is -0.142. The van der Waals surface area contributed by atoms with Gasteiger partial charge in [0, 0.05) is 13.0 Å². The molecule has 0 rings (SSSR count). The summed E-state index contributed by atoms with van der Waals surface area (Å²) in [6, 6.07) is -1.64. The lowest BCUT2D eigenvalue weighted by Gasteiger charge is -2.16. The van der Waals surface area contributed by atoms with Gasteiger partial charge in [0.25, 0.3) is 0 Å². The molecule has 2 atom stereocenters. The van der Waals surface area contributed by atoms with Crippen LogP contribution in [0.1, 0.15) is 33.1 Å². The van der Waals surface area contributed by atoms with Gasteiger partial charge in [-0.2, -0.15) is 0 Å². The zero-order valence-corrected chi connectivity index (χ0v) is 11.6. The van der Waals surface area contributed by atoms with Crippen LogP contribution in [0, 0.1) is 5.92 Å². The Morgan fingerprint density at radius 3 is 2.42 bits per heavy atom. The minimum atomic E-state index is -1.18. The van der Waals surface area contributed by atoms with E-state index in [1.54, 1.807) is 0 Å². The normalized spacial score (nSPS) is 13.2. The van der Waals surface area contributed by atoms with E-state index in [0.29, 0.717) is 12.5 Å². The summed E-state index contributed by atoms with van der Waals surface area (Å²) < 4.78 is 4.42. The summed E-state index contributed by atoms with van der Waals surface area (Å²) in [5, 5.41) is 13.8. The molecule has 7 nitrogen and oxygen atoms in total. The Kier molecular flexibility index (Phi) is 8.32. The zero-order valence-electron chi connectivity index (χ0n) is 11.6. The Morgan fingerprint density at radius 2 is 1.95 bits per heavy atom. The van der Waals surface area contributed by atoms with E-state index in [2.05, 4.69) is 15.4 Å². The number of hydrogen-bond donors (Lipinski definition) is 3. The summed E-state index contributed by atoms with van der Waals surface area (Å²) in [5.41, 5.74) is 0. The minimum Gasteiger partial charge on any atom is -0.480 e. The molecule has 0 bridgehead atoms. The average molecular weight is 274 g/mol. The number of urea groups is 1. The zero-order chi connectivity index (χ0) is 14.8. The number of nitrogens with one attached hydrogen (secondary N) is 2. The molecule has 0 saturated heterocycles. The number of carbonyl (C=O) groups is 3. The van der Waals surface area contributed by atoms with Crippen molar-refractivity contribution < 1.29 is 24.2 Å². The maximum absolute atomic E-state index is 11.5. The first kappa shape index (κ1) is 17.2. The second kappa shape index (κ2) is 9.18. The molecule has 0 aliphatic heterocycles. The molecule has 7 heteroatoms. The molecule has 0 aliphatic rings. The molecule has 0 heterocycles. The SMILES string of the molecule is CCC(C)CNC(=O)N[C@H](CCC(=O)OC)C(=O)O. The van der Waals surface area contributed by atoms with E-state index in [4.69, 9.17) is 5.11 Å². The van der Waals surface area contributed by atoms with Crippen LogP contribution in [0.5, 0.6) is 0 Å². The Balaban J connectivity index is 4.15. The van der Waals surface area contributed by atoms with Gasteiger partial charge in [0.05, 0.1) is 7.11 Å². The monoisotopic (exact) mass is 274 g/mol. The van der Waals surface area contributed by atoms with E-state index < -0.39 is 24.0 Å². The molecule has 3 N–H and O–H groups in total. The van der Waals surface area contributed by atoms with Gasteiger partial charge in [-0.05, 0) is 12.3 Å². The Morgan fingerprint density at radius 1 is 1.32 bits per heavy atom. The molecular weight excluding hydrogens is 252 g/mol. The molecule has 0 saturated carbocycles. The molecule has 19 heavy (non-hydrogen) atoms. The number of rotatable bonds is 8. The predicted molar refractivity (Wildman–Crippen MR) is 68.7 cm³/mol. The van der Waals surface area contributed by atoms with Gasteiger partial charge in [0.1, 0.15) is 6.04 Å². The standard InChI is InChI=1S/C12H22N2O5/c1-4-8(2)7-13-12(18)14-9(11(16)17)5-6-10(15)19-3/h8-9H,4-7H2,1-3H3,(H,16,17)(H2,13,14,18)/t8?,9-/m1/s1. The van der Waals surface area contributed by atoms with Crippen molar-refractivity contribution in [2.75, 3.05) is 13.7 Å².